The number of hydrogen-bond donors (Lipinski definition) is 2. The Bertz CT molecular complexity index is 988. The van der Waals surface area contributed by atoms with E-state index in [4.69, 9.17) is 10.7 Å². The van der Waals surface area contributed by atoms with Crippen molar-refractivity contribution in [1.82, 2.24) is 19.5 Å². The first-order valence-corrected chi connectivity index (χ1v) is 9.18. The molecule has 3 aromatic rings. The van der Waals surface area contributed by atoms with Gasteiger partial charge in [-0.15, -0.1) is 0 Å². The van der Waals surface area contributed by atoms with E-state index in [0.717, 1.165) is 22.5 Å². The van der Waals surface area contributed by atoms with Gasteiger partial charge in [0.1, 0.15) is 12.0 Å². The average molecular weight is 383 g/mol. The minimum atomic E-state index is -0.988. The number of imidazole rings is 1. The van der Waals surface area contributed by atoms with Crippen molar-refractivity contribution in [1.29, 1.82) is 0 Å². The number of amides is 1. The van der Waals surface area contributed by atoms with E-state index in [1.165, 1.54) is 0 Å². The molecule has 1 aliphatic rings. The van der Waals surface area contributed by atoms with Gasteiger partial charge < -0.3 is 20.5 Å². The SMILES string of the molecule is Cc1ccc2nc(N3CC[C@H](F)[C@H](N)C3)n(Cc3ncc(NC=O)cn3)c2c1. The van der Waals surface area contributed by atoms with Crippen LogP contribution < -0.4 is 16.0 Å². The number of carbonyl (C=O) groups is 1. The Kier molecular flexibility index (Phi) is 4.91. The van der Waals surface area contributed by atoms with Crippen molar-refractivity contribution in [3.63, 3.8) is 0 Å². The van der Waals surface area contributed by atoms with Crippen molar-refractivity contribution in [2.24, 2.45) is 5.73 Å². The highest BCUT2D eigenvalue weighted by atomic mass is 19.1. The first-order valence-electron chi connectivity index (χ1n) is 9.18. The molecule has 0 radical (unpaired) electrons. The largest absolute Gasteiger partial charge is 0.340 e. The molecule has 1 saturated heterocycles. The number of anilines is 2. The van der Waals surface area contributed by atoms with Gasteiger partial charge in [-0.1, -0.05) is 6.07 Å². The quantitative estimate of drug-likeness (QED) is 0.649. The summed E-state index contributed by atoms with van der Waals surface area (Å²) in [6, 6.07) is 5.52. The fraction of sp³-hybridized carbons (Fsp3) is 0.368. The standard InChI is InChI=1S/C19H22FN7O/c1-12-2-3-16-17(6-12)27(10-18-22-7-13(8-23-18)24-11-28)19(25-16)26-5-4-14(20)15(21)9-26/h2-3,6-8,11,14-15H,4-5,9-10,21H2,1H3,(H,24,28)/t14-,15+/m0/s1. The lowest BCUT2D eigenvalue weighted by atomic mass is 10.1. The van der Waals surface area contributed by atoms with Crippen molar-refractivity contribution in [2.75, 3.05) is 23.3 Å². The molecule has 2 atom stereocenters. The first kappa shape index (κ1) is 18.3. The number of alkyl halides is 1. The van der Waals surface area contributed by atoms with Gasteiger partial charge in [-0.05, 0) is 31.0 Å². The molecule has 3 N–H and O–H groups in total. The predicted molar refractivity (Wildman–Crippen MR) is 105 cm³/mol. The number of aryl methyl sites for hydroxylation is 1. The molecule has 0 saturated carbocycles. The number of nitrogens with two attached hydrogens (primary N) is 1. The maximum absolute atomic E-state index is 13.8. The Hall–Kier alpha value is -3.07. The lowest BCUT2D eigenvalue weighted by Crippen LogP contribution is -2.50. The summed E-state index contributed by atoms with van der Waals surface area (Å²) in [7, 11) is 0. The summed E-state index contributed by atoms with van der Waals surface area (Å²) in [5.74, 6) is 1.32. The number of nitrogens with one attached hydrogen (secondary N) is 1. The Morgan fingerprint density at radius 1 is 1.36 bits per heavy atom. The third-order valence-corrected chi connectivity index (χ3v) is 4.97. The predicted octanol–water partition coefficient (Wildman–Crippen LogP) is 1.63. The van der Waals surface area contributed by atoms with E-state index in [0.29, 0.717) is 44.0 Å². The molecule has 0 bridgehead atoms. The molecule has 1 amide bonds. The summed E-state index contributed by atoms with van der Waals surface area (Å²) in [6.45, 7) is 3.39. The molecule has 2 aromatic heterocycles. The van der Waals surface area contributed by atoms with Crippen molar-refractivity contribution < 1.29 is 9.18 Å². The Morgan fingerprint density at radius 3 is 2.86 bits per heavy atom. The third-order valence-electron chi connectivity index (χ3n) is 4.97. The molecule has 9 heteroatoms. The van der Waals surface area contributed by atoms with Gasteiger partial charge in [0.05, 0.1) is 41.7 Å². The summed E-state index contributed by atoms with van der Waals surface area (Å²) in [5.41, 5.74) is 9.42. The molecule has 0 unspecified atom stereocenters. The number of rotatable bonds is 5. The zero-order chi connectivity index (χ0) is 19.7. The van der Waals surface area contributed by atoms with Gasteiger partial charge in [0.15, 0.2) is 0 Å². The molecular formula is C19H22FN7O. The molecule has 0 spiro atoms. The van der Waals surface area contributed by atoms with Crippen molar-refractivity contribution in [3.8, 4) is 0 Å². The number of aromatic nitrogens is 4. The van der Waals surface area contributed by atoms with Crippen LogP contribution in [0.4, 0.5) is 16.0 Å². The third kappa shape index (κ3) is 3.53. The summed E-state index contributed by atoms with van der Waals surface area (Å²) in [5, 5.41) is 2.52. The van der Waals surface area contributed by atoms with E-state index in [9.17, 15) is 9.18 Å². The minimum Gasteiger partial charge on any atom is -0.340 e. The van der Waals surface area contributed by atoms with Crippen LogP contribution in [0.15, 0.2) is 30.6 Å². The fourth-order valence-corrected chi connectivity index (χ4v) is 3.47. The van der Waals surface area contributed by atoms with Gasteiger partial charge in [-0.25, -0.2) is 19.3 Å². The summed E-state index contributed by atoms with van der Waals surface area (Å²) in [4.78, 5) is 26.0. The molecule has 28 heavy (non-hydrogen) atoms. The maximum Gasteiger partial charge on any atom is 0.211 e. The second-order valence-corrected chi connectivity index (χ2v) is 7.05. The minimum absolute atomic E-state index is 0.381. The van der Waals surface area contributed by atoms with Crippen LogP contribution in [0, 0.1) is 6.92 Å². The number of carbonyl (C=O) groups excluding carboxylic acids is 1. The second-order valence-electron chi connectivity index (χ2n) is 7.05. The fourth-order valence-electron chi connectivity index (χ4n) is 3.47. The number of halogens is 1. The zero-order valence-electron chi connectivity index (χ0n) is 15.5. The molecule has 1 aromatic carbocycles. The summed E-state index contributed by atoms with van der Waals surface area (Å²) < 4.78 is 15.9. The van der Waals surface area contributed by atoms with Crippen molar-refractivity contribution >= 4 is 29.1 Å². The monoisotopic (exact) mass is 383 g/mol. The average Bonchev–Trinajstić information content (AvgIpc) is 3.03. The van der Waals surface area contributed by atoms with Gasteiger partial charge in [0.2, 0.25) is 12.4 Å². The van der Waals surface area contributed by atoms with E-state index < -0.39 is 12.2 Å². The van der Waals surface area contributed by atoms with Crippen LogP contribution in [0.1, 0.15) is 17.8 Å². The van der Waals surface area contributed by atoms with Crippen LogP contribution in [-0.4, -0.2) is 51.2 Å². The van der Waals surface area contributed by atoms with E-state index in [2.05, 4.69) is 21.4 Å². The van der Waals surface area contributed by atoms with Crippen LogP contribution >= 0.6 is 0 Å². The van der Waals surface area contributed by atoms with E-state index >= 15 is 0 Å². The molecule has 0 aliphatic carbocycles. The van der Waals surface area contributed by atoms with E-state index in [-0.39, 0.29) is 0 Å². The highest BCUT2D eigenvalue weighted by molar-refractivity contribution is 5.80. The number of hydrogen-bond acceptors (Lipinski definition) is 6. The van der Waals surface area contributed by atoms with Crippen LogP contribution in [0.3, 0.4) is 0 Å². The van der Waals surface area contributed by atoms with Crippen LogP contribution in [0.5, 0.6) is 0 Å². The van der Waals surface area contributed by atoms with Gasteiger partial charge in [-0.2, -0.15) is 0 Å². The van der Waals surface area contributed by atoms with Crippen LogP contribution in [-0.2, 0) is 11.3 Å². The van der Waals surface area contributed by atoms with Crippen LogP contribution in [0.2, 0.25) is 0 Å². The molecule has 4 rings (SSSR count). The van der Waals surface area contributed by atoms with Crippen molar-refractivity contribution in [3.05, 3.63) is 42.0 Å². The van der Waals surface area contributed by atoms with Gasteiger partial charge in [0, 0.05) is 13.1 Å². The molecule has 1 fully saturated rings. The second kappa shape index (κ2) is 7.51. The number of piperidine rings is 1. The maximum atomic E-state index is 13.8. The summed E-state index contributed by atoms with van der Waals surface area (Å²) in [6.07, 6.45) is 3.10. The smallest absolute Gasteiger partial charge is 0.211 e. The van der Waals surface area contributed by atoms with Crippen LogP contribution in [0.25, 0.3) is 11.0 Å². The lowest BCUT2D eigenvalue weighted by Gasteiger charge is -2.34. The van der Waals surface area contributed by atoms with Gasteiger partial charge in [0.25, 0.3) is 0 Å². The van der Waals surface area contributed by atoms with Gasteiger partial charge in [-0.3, -0.25) is 4.79 Å². The zero-order valence-corrected chi connectivity index (χ0v) is 15.5. The Labute approximate surface area is 161 Å². The van der Waals surface area contributed by atoms with E-state index in [1.54, 1.807) is 12.4 Å². The summed E-state index contributed by atoms with van der Waals surface area (Å²) >= 11 is 0. The topological polar surface area (TPSA) is 102 Å². The normalized spacial score (nSPS) is 19.8. The molecule has 146 valence electrons. The number of benzene rings is 1. The highest BCUT2D eigenvalue weighted by Crippen LogP contribution is 2.27. The Balaban J connectivity index is 1.72. The number of fused-ring (bicyclic) bond motifs is 1. The first-order chi connectivity index (χ1) is 13.5. The lowest BCUT2D eigenvalue weighted by molar-refractivity contribution is -0.105. The molecule has 1 aliphatic heterocycles. The highest BCUT2D eigenvalue weighted by Gasteiger charge is 2.29. The Morgan fingerprint density at radius 2 is 2.14 bits per heavy atom. The molecular weight excluding hydrogens is 361 g/mol. The molecule has 3 heterocycles. The molecule has 8 nitrogen and oxygen atoms in total. The number of nitrogens with zero attached hydrogens (tertiary/aromatic N) is 5. The van der Waals surface area contributed by atoms with Gasteiger partial charge >= 0.3 is 0 Å². The van der Waals surface area contributed by atoms with Crippen molar-refractivity contribution in [2.45, 2.75) is 32.1 Å². The van der Waals surface area contributed by atoms with E-state index in [1.807, 2.05) is 28.5 Å².